The van der Waals surface area contributed by atoms with Crippen molar-refractivity contribution in [2.24, 2.45) is 0 Å². The Labute approximate surface area is 94.1 Å². The van der Waals surface area contributed by atoms with Gasteiger partial charge in [0.05, 0.1) is 6.04 Å². The van der Waals surface area contributed by atoms with Crippen LogP contribution >= 0.6 is 0 Å². The average molecular weight is 215 g/mol. The van der Waals surface area contributed by atoms with E-state index in [1.54, 1.807) is 4.90 Å². The number of hydrogen-bond acceptors (Lipinski definition) is 2. The smallest absolute Gasteiger partial charge is 0.254 e. The Hall–Kier alpha value is -1.64. The zero-order valence-electron chi connectivity index (χ0n) is 8.93. The van der Waals surface area contributed by atoms with E-state index >= 15 is 0 Å². The number of hydrogen-bond donors (Lipinski definition) is 0. The minimum atomic E-state index is -0.141. The van der Waals surface area contributed by atoms with Crippen molar-refractivity contribution in [1.29, 1.82) is 0 Å². The number of amides is 1. The second kappa shape index (κ2) is 3.44. The Bertz CT molecular complexity index is 441. The summed E-state index contributed by atoms with van der Waals surface area (Å²) in [5, 5.41) is 0. The normalized spacial score (nSPS) is 27.5. The lowest BCUT2D eigenvalue weighted by Gasteiger charge is -2.20. The first-order valence-corrected chi connectivity index (χ1v) is 5.68. The van der Waals surface area contributed by atoms with Crippen LogP contribution in [0.25, 0.3) is 0 Å². The lowest BCUT2D eigenvalue weighted by molar-refractivity contribution is -0.120. The van der Waals surface area contributed by atoms with E-state index in [2.05, 4.69) is 0 Å². The molecule has 0 saturated carbocycles. The van der Waals surface area contributed by atoms with Crippen molar-refractivity contribution in [2.75, 3.05) is 0 Å². The van der Waals surface area contributed by atoms with Gasteiger partial charge in [-0.2, -0.15) is 0 Å². The van der Waals surface area contributed by atoms with Gasteiger partial charge in [-0.15, -0.1) is 0 Å². The molecule has 82 valence electrons. The van der Waals surface area contributed by atoms with Crippen LogP contribution in [0.15, 0.2) is 30.3 Å². The van der Waals surface area contributed by atoms with Gasteiger partial charge in [0.25, 0.3) is 5.91 Å². The molecular formula is C13H13NO2. The molecule has 0 spiro atoms. The fraction of sp³-hybridized carbons (Fsp3) is 0.385. The van der Waals surface area contributed by atoms with Crippen molar-refractivity contribution in [3.05, 3.63) is 35.9 Å². The molecule has 1 aromatic carbocycles. The van der Waals surface area contributed by atoms with Gasteiger partial charge in [0, 0.05) is 18.0 Å². The highest BCUT2D eigenvalue weighted by atomic mass is 16.2. The van der Waals surface area contributed by atoms with Crippen LogP contribution in [-0.4, -0.2) is 28.7 Å². The number of Topliss-reactive ketones (excluding diaryl/α,β-unsaturated/α-hetero) is 1. The highest BCUT2D eigenvalue weighted by Crippen LogP contribution is 2.36. The van der Waals surface area contributed by atoms with Gasteiger partial charge >= 0.3 is 0 Å². The lowest BCUT2D eigenvalue weighted by atomic mass is 10.00. The molecule has 1 aromatic rings. The zero-order chi connectivity index (χ0) is 11.1. The summed E-state index contributed by atoms with van der Waals surface area (Å²) >= 11 is 0. The summed E-state index contributed by atoms with van der Waals surface area (Å²) in [6.45, 7) is 0. The Morgan fingerprint density at radius 2 is 1.94 bits per heavy atom. The summed E-state index contributed by atoms with van der Waals surface area (Å²) in [6, 6.07) is 9.23. The fourth-order valence-corrected chi connectivity index (χ4v) is 2.80. The zero-order valence-corrected chi connectivity index (χ0v) is 8.93. The van der Waals surface area contributed by atoms with Crippen molar-refractivity contribution in [1.82, 2.24) is 4.90 Å². The predicted molar refractivity (Wildman–Crippen MR) is 59.0 cm³/mol. The average Bonchev–Trinajstić information content (AvgIpc) is 2.85. The van der Waals surface area contributed by atoms with E-state index in [-0.39, 0.29) is 23.8 Å². The Kier molecular flexibility index (Phi) is 2.06. The molecule has 2 saturated heterocycles. The standard InChI is InChI=1S/C13H13NO2/c15-12-8-10-6-7-11(12)14(10)13(16)9-4-2-1-3-5-9/h1-5,10-11H,6-8H2/t10-,11+/m0/s1. The second-order valence-corrected chi connectivity index (χ2v) is 4.50. The van der Waals surface area contributed by atoms with E-state index in [9.17, 15) is 9.59 Å². The van der Waals surface area contributed by atoms with E-state index in [0.29, 0.717) is 12.0 Å². The third-order valence-electron chi connectivity index (χ3n) is 3.57. The molecule has 2 bridgehead atoms. The first-order valence-electron chi connectivity index (χ1n) is 5.68. The molecule has 0 aromatic heterocycles. The van der Waals surface area contributed by atoms with Gasteiger partial charge in [0.1, 0.15) is 0 Å². The molecule has 3 heteroatoms. The number of ketones is 1. The molecule has 1 amide bonds. The van der Waals surface area contributed by atoms with Gasteiger partial charge < -0.3 is 4.90 Å². The van der Waals surface area contributed by atoms with Crippen molar-refractivity contribution in [2.45, 2.75) is 31.3 Å². The van der Waals surface area contributed by atoms with Gasteiger partial charge in [0.2, 0.25) is 0 Å². The molecule has 3 rings (SSSR count). The quantitative estimate of drug-likeness (QED) is 0.714. The molecule has 2 aliphatic rings. The molecule has 2 fully saturated rings. The third-order valence-corrected chi connectivity index (χ3v) is 3.57. The van der Waals surface area contributed by atoms with Crippen molar-refractivity contribution in [3.63, 3.8) is 0 Å². The number of carbonyl (C=O) groups is 2. The van der Waals surface area contributed by atoms with Crippen LogP contribution in [0, 0.1) is 0 Å². The van der Waals surface area contributed by atoms with Crippen molar-refractivity contribution in [3.8, 4) is 0 Å². The number of rotatable bonds is 1. The molecular weight excluding hydrogens is 202 g/mol. The molecule has 0 N–H and O–H groups in total. The summed E-state index contributed by atoms with van der Waals surface area (Å²) < 4.78 is 0. The first kappa shape index (κ1) is 9.58. The maximum atomic E-state index is 12.2. The molecule has 2 aliphatic heterocycles. The molecule has 3 nitrogen and oxygen atoms in total. The van der Waals surface area contributed by atoms with Crippen molar-refractivity contribution < 1.29 is 9.59 Å². The van der Waals surface area contributed by atoms with Gasteiger partial charge in [0.15, 0.2) is 5.78 Å². The van der Waals surface area contributed by atoms with Crippen LogP contribution in [0.5, 0.6) is 0 Å². The lowest BCUT2D eigenvalue weighted by Crippen LogP contribution is -2.36. The first-order chi connectivity index (χ1) is 7.77. The summed E-state index contributed by atoms with van der Waals surface area (Å²) in [4.78, 5) is 25.6. The Morgan fingerprint density at radius 3 is 2.50 bits per heavy atom. The van der Waals surface area contributed by atoms with E-state index in [0.717, 1.165) is 12.8 Å². The number of benzene rings is 1. The molecule has 0 unspecified atom stereocenters. The SMILES string of the molecule is O=C1C[C@@H]2CC[C@H]1N2C(=O)c1ccccc1. The molecule has 2 atom stereocenters. The van der Waals surface area contributed by atoms with E-state index < -0.39 is 0 Å². The third kappa shape index (κ3) is 1.28. The minimum Gasteiger partial charge on any atom is -0.325 e. The van der Waals surface area contributed by atoms with Gasteiger partial charge in [-0.1, -0.05) is 18.2 Å². The van der Waals surface area contributed by atoms with Crippen LogP contribution in [0.3, 0.4) is 0 Å². The Balaban J connectivity index is 1.90. The topological polar surface area (TPSA) is 37.4 Å². The fourth-order valence-electron chi connectivity index (χ4n) is 2.80. The summed E-state index contributed by atoms with van der Waals surface area (Å²) in [6.07, 6.45) is 2.39. The second-order valence-electron chi connectivity index (χ2n) is 4.50. The maximum absolute atomic E-state index is 12.2. The maximum Gasteiger partial charge on any atom is 0.254 e. The number of carbonyl (C=O) groups excluding carboxylic acids is 2. The predicted octanol–water partition coefficient (Wildman–Crippen LogP) is 1.63. The Morgan fingerprint density at radius 1 is 1.19 bits per heavy atom. The van der Waals surface area contributed by atoms with Crippen LogP contribution in [0.2, 0.25) is 0 Å². The number of nitrogens with zero attached hydrogens (tertiary/aromatic N) is 1. The summed E-state index contributed by atoms with van der Waals surface area (Å²) in [5.41, 5.74) is 0.689. The molecule has 0 aliphatic carbocycles. The molecule has 0 radical (unpaired) electrons. The van der Waals surface area contributed by atoms with E-state index in [1.807, 2.05) is 30.3 Å². The largest absolute Gasteiger partial charge is 0.325 e. The molecule has 2 heterocycles. The monoisotopic (exact) mass is 215 g/mol. The van der Waals surface area contributed by atoms with Crippen LogP contribution in [-0.2, 0) is 4.79 Å². The highest BCUT2D eigenvalue weighted by molar-refractivity contribution is 6.01. The number of fused-ring (bicyclic) bond motifs is 2. The van der Waals surface area contributed by atoms with Crippen LogP contribution < -0.4 is 0 Å². The summed E-state index contributed by atoms with van der Waals surface area (Å²) in [7, 11) is 0. The summed E-state index contributed by atoms with van der Waals surface area (Å²) in [5.74, 6) is 0.250. The minimum absolute atomic E-state index is 0.0129. The van der Waals surface area contributed by atoms with Gasteiger partial charge in [-0.3, -0.25) is 9.59 Å². The molecule has 16 heavy (non-hydrogen) atoms. The van der Waals surface area contributed by atoms with Gasteiger partial charge in [-0.25, -0.2) is 0 Å². The van der Waals surface area contributed by atoms with E-state index in [1.165, 1.54) is 0 Å². The van der Waals surface area contributed by atoms with E-state index in [4.69, 9.17) is 0 Å². The highest BCUT2D eigenvalue weighted by Gasteiger charge is 2.47. The van der Waals surface area contributed by atoms with Gasteiger partial charge in [-0.05, 0) is 25.0 Å². The van der Waals surface area contributed by atoms with Crippen LogP contribution in [0.4, 0.5) is 0 Å². The van der Waals surface area contributed by atoms with Crippen LogP contribution in [0.1, 0.15) is 29.6 Å². The van der Waals surface area contributed by atoms with Crippen molar-refractivity contribution >= 4 is 11.7 Å².